The maximum atomic E-state index is 11.3. The number of anilines is 2. The summed E-state index contributed by atoms with van der Waals surface area (Å²) >= 11 is 5.98. The minimum absolute atomic E-state index is 0.00514. The van der Waals surface area contributed by atoms with Crippen LogP contribution in [0.15, 0.2) is 48.5 Å². The summed E-state index contributed by atoms with van der Waals surface area (Å²) in [4.78, 5) is 15.9. The van der Waals surface area contributed by atoms with Crippen molar-refractivity contribution < 1.29 is 9.90 Å². The number of nitrogens with two attached hydrogens (primary N) is 1. The van der Waals surface area contributed by atoms with Gasteiger partial charge in [-0.25, -0.2) is 4.79 Å². The van der Waals surface area contributed by atoms with Gasteiger partial charge in [-0.3, -0.25) is 4.90 Å². The maximum absolute atomic E-state index is 11.3. The fourth-order valence-electron chi connectivity index (χ4n) is 4.54. The first-order valence-electron chi connectivity index (χ1n) is 10.8. The Balaban J connectivity index is 1.29. The number of β-amino-alcohol motifs (C(OH)–C–C–N with tert-alkyl or cyclic N) is 1. The van der Waals surface area contributed by atoms with Gasteiger partial charge in [0.05, 0.1) is 23.5 Å². The van der Waals surface area contributed by atoms with Crippen molar-refractivity contribution in [2.24, 2.45) is 5.73 Å². The summed E-state index contributed by atoms with van der Waals surface area (Å²) in [5.74, 6) is 0. The van der Waals surface area contributed by atoms with E-state index in [-0.39, 0.29) is 6.04 Å². The van der Waals surface area contributed by atoms with Crippen molar-refractivity contribution in [2.45, 2.75) is 37.6 Å². The molecule has 2 aromatic rings. The van der Waals surface area contributed by atoms with Crippen LogP contribution in [-0.4, -0.2) is 60.4 Å². The Morgan fingerprint density at radius 1 is 1.10 bits per heavy atom. The Bertz CT molecular complexity index is 886. The first-order chi connectivity index (χ1) is 15.0. The summed E-state index contributed by atoms with van der Waals surface area (Å²) in [5, 5.41) is 17.8. The molecule has 0 bridgehead atoms. The third kappa shape index (κ3) is 5.68. The van der Waals surface area contributed by atoms with Gasteiger partial charge in [-0.05, 0) is 55.8 Å². The number of para-hydroxylation sites is 2. The van der Waals surface area contributed by atoms with Crippen LogP contribution in [0, 0.1) is 0 Å². The number of carbonyl (C=O) groups excluding carboxylic acids is 1. The number of amides is 2. The lowest BCUT2D eigenvalue weighted by Crippen LogP contribution is -2.49. The molecule has 2 saturated heterocycles. The van der Waals surface area contributed by atoms with Crippen LogP contribution in [0.4, 0.5) is 16.2 Å². The largest absolute Gasteiger partial charge is 0.390 e. The van der Waals surface area contributed by atoms with Gasteiger partial charge in [0.25, 0.3) is 0 Å². The lowest BCUT2D eigenvalue weighted by atomic mass is 10.0. The summed E-state index contributed by atoms with van der Waals surface area (Å²) in [5.41, 5.74) is 8.12. The molecule has 0 spiro atoms. The number of carbonyl (C=O) groups is 1. The molecule has 2 heterocycles. The molecular formula is C23H30ClN5O2. The number of nitrogens with zero attached hydrogens (tertiary/aromatic N) is 2. The molecular weight excluding hydrogens is 414 g/mol. The summed E-state index contributed by atoms with van der Waals surface area (Å²) in [6.07, 6.45) is 1.64. The smallest absolute Gasteiger partial charge is 0.316 e. The topological polar surface area (TPSA) is 93.9 Å². The van der Waals surface area contributed by atoms with E-state index in [1.807, 2.05) is 36.4 Å². The predicted octanol–water partition coefficient (Wildman–Crippen LogP) is 2.63. The third-order valence-electron chi connectivity index (χ3n) is 6.15. The van der Waals surface area contributed by atoms with Crippen molar-refractivity contribution in [1.29, 1.82) is 0 Å². The molecule has 0 aromatic heterocycles. The molecule has 7 nitrogen and oxygen atoms in total. The van der Waals surface area contributed by atoms with E-state index in [4.69, 9.17) is 17.3 Å². The van der Waals surface area contributed by atoms with Gasteiger partial charge in [0.1, 0.15) is 0 Å². The quantitative estimate of drug-likeness (QED) is 0.550. The van der Waals surface area contributed by atoms with Crippen molar-refractivity contribution in [3.63, 3.8) is 0 Å². The third-order valence-corrected chi connectivity index (χ3v) is 6.40. The Labute approximate surface area is 188 Å². The number of halogens is 1. The van der Waals surface area contributed by atoms with Crippen LogP contribution in [0.5, 0.6) is 0 Å². The number of primary amides is 1. The number of benzene rings is 2. The second-order valence-electron chi connectivity index (χ2n) is 8.43. The molecule has 2 aliphatic heterocycles. The molecule has 0 saturated carbocycles. The number of piperidine rings is 1. The summed E-state index contributed by atoms with van der Waals surface area (Å²) < 4.78 is 0. The predicted molar refractivity (Wildman–Crippen MR) is 125 cm³/mol. The monoisotopic (exact) mass is 443 g/mol. The molecule has 0 radical (unpaired) electrons. The van der Waals surface area contributed by atoms with Gasteiger partial charge >= 0.3 is 6.03 Å². The van der Waals surface area contributed by atoms with Crippen molar-refractivity contribution in [3.05, 3.63) is 59.1 Å². The van der Waals surface area contributed by atoms with E-state index < -0.39 is 12.1 Å². The SMILES string of the molecule is NC(=O)Nc1ccccc1N1C[C@@H](O)[C@H](NC2CCN(Cc3ccc(Cl)cc3)CC2)C1. The van der Waals surface area contributed by atoms with Gasteiger partial charge in [-0.1, -0.05) is 35.9 Å². The average Bonchev–Trinajstić information content (AvgIpc) is 3.11. The van der Waals surface area contributed by atoms with E-state index in [0.29, 0.717) is 24.8 Å². The summed E-state index contributed by atoms with van der Waals surface area (Å²) in [6.45, 7) is 4.19. The van der Waals surface area contributed by atoms with Crippen LogP contribution in [0.2, 0.25) is 5.02 Å². The Kier molecular flexibility index (Phi) is 6.97. The van der Waals surface area contributed by atoms with Gasteiger partial charge in [-0.15, -0.1) is 0 Å². The highest BCUT2D eigenvalue weighted by Gasteiger charge is 2.34. The van der Waals surface area contributed by atoms with E-state index in [1.165, 1.54) is 5.56 Å². The highest BCUT2D eigenvalue weighted by atomic mass is 35.5. The molecule has 4 rings (SSSR count). The zero-order chi connectivity index (χ0) is 21.8. The number of hydrogen-bond donors (Lipinski definition) is 4. The molecule has 2 atom stereocenters. The number of urea groups is 1. The Hall–Kier alpha value is -2.32. The van der Waals surface area contributed by atoms with E-state index in [9.17, 15) is 9.90 Å². The minimum atomic E-state index is -0.591. The lowest BCUT2D eigenvalue weighted by molar-refractivity contribution is 0.136. The van der Waals surface area contributed by atoms with Crippen LogP contribution in [0.3, 0.4) is 0 Å². The van der Waals surface area contributed by atoms with E-state index >= 15 is 0 Å². The number of rotatable bonds is 6. The zero-order valence-electron chi connectivity index (χ0n) is 17.5. The fraction of sp³-hybridized carbons (Fsp3) is 0.435. The Morgan fingerprint density at radius 2 is 1.81 bits per heavy atom. The van der Waals surface area contributed by atoms with E-state index in [1.54, 1.807) is 0 Å². The second-order valence-corrected chi connectivity index (χ2v) is 8.87. The molecule has 166 valence electrons. The van der Waals surface area contributed by atoms with Crippen molar-refractivity contribution in [3.8, 4) is 0 Å². The minimum Gasteiger partial charge on any atom is -0.390 e. The number of aliphatic hydroxyl groups excluding tert-OH is 1. The molecule has 8 heteroatoms. The van der Waals surface area contributed by atoms with Crippen LogP contribution in [0.1, 0.15) is 18.4 Å². The molecule has 2 aliphatic rings. The van der Waals surface area contributed by atoms with Crippen molar-refractivity contribution in [2.75, 3.05) is 36.4 Å². The Morgan fingerprint density at radius 3 is 2.52 bits per heavy atom. The van der Waals surface area contributed by atoms with Crippen molar-refractivity contribution in [1.82, 2.24) is 10.2 Å². The molecule has 0 unspecified atom stereocenters. The number of nitrogens with one attached hydrogen (secondary N) is 2. The fourth-order valence-corrected chi connectivity index (χ4v) is 4.67. The summed E-state index contributed by atoms with van der Waals surface area (Å²) in [6, 6.07) is 15.4. The van der Waals surface area contributed by atoms with Crippen molar-refractivity contribution >= 4 is 29.0 Å². The first-order valence-corrected chi connectivity index (χ1v) is 11.2. The molecule has 2 aromatic carbocycles. The highest BCUT2D eigenvalue weighted by Crippen LogP contribution is 2.29. The number of hydrogen-bond acceptors (Lipinski definition) is 5. The highest BCUT2D eigenvalue weighted by molar-refractivity contribution is 6.30. The lowest BCUT2D eigenvalue weighted by Gasteiger charge is -2.34. The normalized spacial score (nSPS) is 22.6. The second kappa shape index (κ2) is 9.87. The van der Waals surface area contributed by atoms with Gasteiger partial charge in [0, 0.05) is 30.7 Å². The van der Waals surface area contributed by atoms with Gasteiger partial charge in [0.15, 0.2) is 0 Å². The standard InChI is InChI=1S/C23H30ClN5O2/c24-17-7-5-16(6-8-17)13-28-11-9-18(10-12-28)26-20-14-29(15-22(20)30)21-4-2-1-3-19(21)27-23(25)31/h1-8,18,20,22,26,30H,9-15H2,(H3,25,27,31)/t20-,22-/m1/s1. The van der Waals surface area contributed by atoms with Gasteiger partial charge in [0.2, 0.25) is 0 Å². The van der Waals surface area contributed by atoms with E-state index in [0.717, 1.165) is 43.2 Å². The molecule has 31 heavy (non-hydrogen) atoms. The summed E-state index contributed by atoms with van der Waals surface area (Å²) in [7, 11) is 0. The molecule has 2 amide bonds. The molecule has 0 aliphatic carbocycles. The first kappa shape index (κ1) is 21.9. The number of likely N-dealkylation sites (tertiary alicyclic amines) is 1. The molecule has 5 N–H and O–H groups in total. The molecule has 2 fully saturated rings. The van der Waals surface area contributed by atoms with Crippen LogP contribution < -0.4 is 21.3 Å². The van der Waals surface area contributed by atoms with Crippen LogP contribution >= 0.6 is 11.6 Å². The van der Waals surface area contributed by atoms with E-state index in [2.05, 4.69) is 32.6 Å². The van der Waals surface area contributed by atoms with Crippen LogP contribution in [-0.2, 0) is 6.54 Å². The van der Waals surface area contributed by atoms with Crippen LogP contribution in [0.25, 0.3) is 0 Å². The zero-order valence-corrected chi connectivity index (χ0v) is 18.3. The van der Waals surface area contributed by atoms with Gasteiger partial charge < -0.3 is 26.4 Å². The average molecular weight is 444 g/mol. The number of aliphatic hydroxyl groups is 1. The van der Waals surface area contributed by atoms with Gasteiger partial charge in [-0.2, -0.15) is 0 Å². The maximum Gasteiger partial charge on any atom is 0.316 e.